The van der Waals surface area contributed by atoms with Gasteiger partial charge in [-0.05, 0) is 71.2 Å². The highest BCUT2D eigenvalue weighted by Gasteiger charge is 2.35. The van der Waals surface area contributed by atoms with Crippen LogP contribution in [-0.4, -0.2) is 38.0 Å². The number of halogens is 1. The topological polar surface area (TPSA) is 88.4 Å². The Morgan fingerprint density at radius 2 is 1.71 bits per heavy atom. The molecule has 0 aliphatic carbocycles. The third-order valence-electron chi connectivity index (χ3n) is 6.65. The van der Waals surface area contributed by atoms with Crippen molar-refractivity contribution in [2.45, 2.75) is 19.9 Å². The summed E-state index contributed by atoms with van der Waals surface area (Å²) in [7, 11) is 3.09. The van der Waals surface area contributed by atoms with Crippen LogP contribution in [0.4, 0.5) is 0 Å². The summed E-state index contributed by atoms with van der Waals surface area (Å²) in [5, 5.41) is 0. The van der Waals surface area contributed by atoms with Gasteiger partial charge >= 0.3 is 5.97 Å². The molecule has 0 N–H and O–H groups in total. The molecule has 216 valence electrons. The molecule has 0 spiro atoms. The van der Waals surface area contributed by atoms with Crippen molar-refractivity contribution in [1.29, 1.82) is 0 Å². The van der Waals surface area contributed by atoms with Crippen molar-refractivity contribution in [3.05, 3.63) is 113 Å². The van der Waals surface area contributed by atoms with E-state index in [0.29, 0.717) is 38.7 Å². The van der Waals surface area contributed by atoms with Crippen LogP contribution in [0, 0.1) is 0 Å². The Balaban J connectivity index is 1.80. The van der Waals surface area contributed by atoms with E-state index in [1.807, 2.05) is 67.6 Å². The van der Waals surface area contributed by atoms with E-state index in [0.717, 1.165) is 21.3 Å². The second-order valence-corrected chi connectivity index (χ2v) is 11.0. The Hall–Kier alpha value is -4.15. The molecule has 0 bridgehead atoms. The summed E-state index contributed by atoms with van der Waals surface area (Å²) in [5.74, 6) is 1.17. The van der Waals surface area contributed by atoms with Crippen LogP contribution in [0.1, 0.15) is 36.6 Å². The van der Waals surface area contributed by atoms with Crippen molar-refractivity contribution in [2.24, 2.45) is 4.99 Å². The first-order valence-corrected chi connectivity index (χ1v) is 14.9. The predicted octanol–water partition coefficient (Wildman–Crippen LogP) is 5.11. The minimum atomic E-state index is -0.829. The second kappa shape index (κ2) is 12.8. The average Bonchev–Trinajstić information content (AvgIpc) is 3.32. The summed E-state index contributed by atoms with van der Waals surface area (Å²) < 4.78 is 25.0. The van der Waals surface area contributed by atoms with Crippen LogP contribution in [0.3, 0.4) is 0 Å². The minimum Gasteiger partial charge on any atom is -0.493 e. The van der Waals surface area contributed by atoms with Gasteiger partial charge in [0.1, 0.15) is 5.75 Å². The first-order valence-electron chi connectivity index (χ1n) is 13.3. The molecule has 1 aliphatic rings. The Kier molecular flexibility index (Phi) is 8.94. The number of carbonyl (C=O) groups excluding carboxylic acids is 1. The Bertz CT molecular complexity index is 1840. The lowest BCUT2D eigenvalue weighted by molar-refractivity contribution is -0.138. The molecule has 5 rings (SSSR count). The summed E-state index contributed by atoms with van der Waals surface area (Å²) in [5.41, 5.74) is 2.63. The zero-order valence-corrected chi connectivity index (χ0v) is 26.0. The first kappa shape index (κ1) is 29.3. The highest BCUT2D eigenvalue weighted by Crippen LogP contribution is 2.38. The minimum absolute atomic E-state index is 0.167. The van der Waals surface area contributed by atoms with E-state index in [2.05, 4.69) is 15.9 Å². The predicted molar refractivity (Wildman–Crippen MR) is 166 cm³/mol. The number of methoxy groups -OCH3 is 2. The number of esters is 1. The van der Waals surface area contributed by atoms with Crippen molar-refractivity contribution in [3.63, 3.8) is 0 Å². The maximum absolute atomic E-state index is 14.1. The van der Waals surface area contributed by atoms with E-state index in [4.69, 9.17) is 23.9 Å². The molecular weight excluding hydrogens is 620 g/mol. The Morgan fingerprint density at radius 3 is 2.38 bits per heavy atom. The number of aromatic nitrogens is 1. The van der Waals surface area contributed by atoms with Gasteiger partial charge in [0, 0.05) is 5.56 Å². The number of hydrogen-bond donors (Lipinski definition) is 0. The number of rotatable bonds is 9. The molecule has 42 heavy (non-hydrogen) atoms. The fourth-order valence-electron chi connectivity index (χ4n) is 4.81. The van der Waals surface area contributed by atoms with Crippen LogP contribution in [0.15, 0.2) is 86.6 Å². The first-order chi connectivity index (χ1) is 20.4. The third kappa shape index (κ3) is 5.64. The van der Waals surface area contributed by atoms with Gasteiger partial charge in [-0.3, -0.25) is 9.36 Å². The lowest BCUT2D eigenvalue weighted by Gasteiger charge is -2.26. The van der Waals surface area contributed by atoms with Crippen LogP contribution in [-0.2, 0) is 9.53 Å². The van der Waals surface area contributed by atoms with Crippen molar-refractivity contribution < 1.29 is 23.7 Å². The van der Waals surface area contributed by atoms with Crippen molar-refractivity contribution in [3.8, 4) is 17.2 Å². The molecular formula is C32H29BrN2O6S. The molecule has 4 aromatic rings. The lowest BCUT2D eigenvalue weighted by Crippen LogP contribution is -2.40. The zero-order chi connectivity index (χ0) is 29.8. The lowest BCUT2D eigenvalue weighted by atomic mass is 9.93. The van der Waals surface area contributed by atoms with Crippen molar-refractivity contribution >= 4 is 45.0 Å². The summed E-state index contributed by atoms with van der Waals surface area (Å²) >= 11 is 4.81. The van der Waals surface area contributed by atoms with Gasteiger partial charge in [-0.2, -0.15) is 0 Å². The molecule has 0 saturated carbocycles. The normalized spacial score (nSPS) is 14.7. The molecule has 1 aromatic heterocycles. The van der Waals surface area contributed by atoms with Crippen LogP contribution in [0.5, 0.6) is 17.2 Å². The molecule has 0 fully saturated rings. The zero-order valence-electron chi connectivity index (χ0n) is 23.5. The molecule has 2 heterocycles. The number of ether oxygens (including phenoxy) is 4. The van der Waals surface area contributed by atoms with Gasteiger partial charge in [0.05, 0.1) is 53.8 Å². The van der Waals surface area contributed by atoms with Crippen molar-refractivity contribution in [1.82, 2.24) is 4.57 Å². The Morgan fingerprint density at radius 1 is 0.976 bits per heavy atom. The highest BCUT2D eigenvalue weighted by molar-refractivity contribution is 9.10. The number of carbonyl (C=O) groups is 1. The second-order valence-electron chi connectivity index (χ2n) is 9.17. The van der Waals surface area contributed by atoms with Gasteiger partial charge in [-0.15, -0.1) is 0 Å². The van der Waals surface area contributed by atoms with E-state index < -0.39 is 12.0 Å². The molecule has 3 aromatic carbocycles. The van der Waals surface area contributed by atoms with Gasteiger partial charge in [0.25, 0.3) is 5.56 Å². The average molecular weight is 650 g/mol. The highest BCUT2D eigenvalue weighted by atomic mass is 79.9. The SMILES string of the molecule is CCOC(=O)C1=C(c2ccccc2)N=c2s/c(=C\c3ccc(OCC)c(Br)c3)c(=O)n2[C@@H]1c1ccc(OC)c(OC)c1. The number of nitrogens with zero attached hydrogens (tertiary/aromatic N) is 2. The van der Waals surface area contributed by atoms with E-state index >= 15 is 0 Å². The maximum atomic E-state index is 14.1. The molecule has 8 nitrogen and oxygen atoms in total. The van der Waals surface area contributed by atoms with Crippen LogP contribution < -0.4 is 29.1 Å². The van der Waals surface area contributed by atoms with Crippen molar-refractivity contribution in [2.75, 3.05) is 27.4 Å². The van der Waals surface area contributed by atoms with Crippen LogP contribution in [0.25, 0.3) is 11.8 Å². The molecule has 0 saturated heterocycles. The fraction of sp³-hybridized carbons (Fsp3) is 0.219. The molecule has 0 unspecified atom stereocenters. The van der Waals surface area contributed by atoms with Gasteiger partial charge < -0.3 is 18.9 Å². The van der Waals surface area contributed by atoms with Gasteiger partial charge in [-0.25, -0.2) is 9.79 Å². The summed E-state index contributed by atoms with van der Waals surface area (Å²) in [6.45, 7) is 4.37. The summed E-state index contributed by atoms with van der Waals surface area (Å²) in [4.78, 5) is 33.1. The monoisotopic (exact) mass is 648 g/mol. The van der Waals surface area contributed by atoms with E-state index in [9.17, 15) is 9.59 Å². The quantitative estimate of drug-likeness (QED) is 0.234. The van der Waals surface area contributed by atoms with Gasteiger partial charge in [-0.1, -0.05) is 53.8 Å². The molecule has 0 radical (unpaired) electrons. The standard InChI is InChI=1S/C32H29BrN2O6S/c1-5-40-23-14-12-19(16-22(23)33)17-26-30(36)35-29(21-13-15-24(38-3)25(18-21)39-4)27(31(37)41-6-2)28(34-32(35)42-26)20-10-8-7-9-11-20/h7-18,29H,5-6H2,1-4H3/b26-17-/t29-/m1/s1. The largest absolute Gasteiger partial charge is 0.493 e. The number of fused-ring (bicyclic) bond motifs is 1. The molecule has 0 amide bonds. The van der Waals surface area contributed by atoms with E-state index in [-0.39, 0.29) is 17.7 Å². The smallest absolute Gasteiger partial charge is 0.338 e. The fourth-order valence-corrected chi connectivity index (χ4v) is 6.32. The number of thiazole rings is 1. The molecule has 10 heteroatoms. The van der Waals surface area contributed by atoms with Crippen LogP contribution in [0.2, 0.25) is 0 Å². The van der Waals surface area contributed by atoms with Crippen LogP contribution >= 0.6 is 27.3 Å². The number of benzene rings is 3. The van der Waals surface area contributed by atoms with E-state index in [1.54, 1.807) is 37.8 Å². The summed E-state index contributed by atoms with van der Waals surface area (Å²) in [6.07, 6.45) is 1.81. The summed E-state index contributed by atoms with van der Waals surface area (Å²) in [6, 6.07) is 19.6. The van der Waals surface area contributed by atoms with Gasteiger partial charge in [0.2, 0.25) is 0 Å². The molecule has 1 aliphatic heterocycles. The third-order valence-corrected chi connectivity index (χ3v) is 8.25. The Labute approximate surface area is 255 Å². The molecule has 1 atom stereocenters. The maximum Gasteiger partial charge on any atom is 0.338 e. The number of hydrogen-bond acceptors (Lipinski definition) is 8. The van der Waals surface area contributed by atoms with E-state index in [1.165, 1.54) is 11.3 Å². The van der Waals surface area contributed by atoms with Gasteiger partial charge in [0.15, 0.2) is 16.3 Å².